The van der Waals surface area contributed by atoms with E-state index in [4.69, 9.17) is 0 Å². The average molecular weight is 364 g/mol. The topological polar surface area (TPSA) is 59.8 Å². The van der Waals surface area contributed by atoms with E-state index in [1.54, 1.807) is 11.8 Å². The van der Waals surface area contributed by atoms with Crippen LogP contribution in [0.4, 0.5) is 5.69 Å². The van der Waals surface area contributed by atoms with Crippen LogP contribution in [-0.2, 0) is 0 Å². The summed E-state index contributed by atoms with van der Waals surface area (Å²) in [7, 11) is 0. The van der Waals surface area contributed by atoms with Crippen LogP contribution < -0.4 is 5.32 Å². The van der Waals surface area contributed by atoms with Gasteiger partial charge in [0, 0.05) is 22.5 Å². The van der Waals surface area contributed by atoms with Crippen molar-refractivity contribution in [1.82, 2.24) is 14.8 Å². The van der Waals surface area contributed by atoms with E-state index in [1.807, 2.05) is 54.9 Å². The molecule has 1 aliphatic carbocycles. The predicted octanol–water partition coefficient (Wildman–Crippen LogP) is 4.72. The largest absolute Gasteiger partial charge is 0.322 e. The minimum atomic E-state index is -0.100. The van der Waals surface area contributed by atoms with Crippen molar-refractivity contribution in [2.24, 2.45) is 0 Å². The minimum absolute atomic E-state index is 0.100. The number of aromatic nitrogens is 3. The summed E-state index contributed by atoms with van der Waals surface area (Å²) in [5.41, 5.74) is 2.59. The first-order valence-electron chi connectivity index (χ1n) is 8.73. The van der Waals surface area contributed by atoms with Crippen molar-refractivity contribution >= 4 is 23.4 Å². The van der Waals surface area contributed by atoms with Crippen LogP contribution in [-0.4, -0.2) is 20.7 Å². The second-order valence-corrected chi connectivity index (χ2v) is 7.77. The lowest BCUT2D eigenvalue weighted by Gasteiger charge is -2.13. The fraction of sp³-hybridized carbons (Fsp3) is 0.250. The normalized spacial score (nSPS) is 14.8. The first-order valence-corrected chi connectivity index (χ1v) is 9.61. The second kappa shape index (κ2) is 7.33. The Morgan fingerprint density at radius 3 is 2.77 bits per heavy atom. The minimum Gasteiger partial charge on any atom is -0.322 e. The summed E-state index contributed by atoms with van der Waals surface area (Å²) in [6, 6.07) is 17.8. The fourth-order valence-electron chi connectivity index (χ4n) is 2.81. The van der Waals surface area contributed by atoms with E-state index in [0.717, 1.165) is 16.4 Å². The Morgan fingerprint density at radius 1 is 1.19 bits per heavy atom. The monoisotopic (exact) mass is 364 g/mol. The van der Waals surface area contributed by atoms with E-state index in [0.29, 0.717) is 11.6 Å². The molecule has 4 rings (SSSR count). The van der Waals surface area contributed by atoms with Crippen molar-refractivity contribution in [3.05, 3.63) is 72.1 Å². The lowest BCUT2D eigenvalue weighted by atomic mass is 10.1. The van der Waals surface area contributed by atoms with Gasteiger partial charge < -0.3 is 9.88 Å². The zero-order valence-corrected chi connectivity index (χ0v) is 15.3. The molecular weight excluding hydrogens is 344 g/mol. The number of hydrogen-bond acceptors (Lipinski definition) is 4. The zero-order chi connectivity index (χ0) is 17.9. The predicted molar refractivity (Wildman–Crippen MR) is 103 cm³/mol. The highest BCUT2D eigenvalue weighted by molar-refractivity contribution is 7.99. The molecule has 132 valence electrons. The highest BCUT2D eigenvalue weighted by Crippen LogP contribution is 2.41. The number of hydrogen-bond donors (Lipinski definition) is 1. The molecule has 1 unspecified atom stereocenters. The van der Waals surface area contributed by atoms with Crippen LogP contribution in [0.1, 0.15) is 47.0 Å². The zero-order valence-electron chi connectivity index (χ0n) is 14.5. The number of carbonyl (C=O) groups is 1. The molecule has 1 atom stereocenters. The third kappa shape index (κ3) is 3.80. The molecule has 0 aliphatic heterocycles. The Labute approximate surface area is 156 Å². The molecule has 1 fully saturated rings. The molecule has 1 N–H and O–H groups in total. The van der Waals surface area contributed by atoms with E-state index in [-0.39, 0.29) is 11.2 Å². The molecular formula is C20H20N4OS. The van der Waals surface area contributed by atoms with E-state index in [1.165, 1.54) is 12.8 Å². The van der Waals surface area contributed by atoms with Crippen LogP contribution in [0.15, 0.2) is 66.1 Å². The molecule has 3 aromatic rings. The molecule has 2 aromatic carbocycles. The SMILES string of the molecule is CC(Sc1nncn1C1CC1)c1cccc(NC(=O)c2ccccc2)c1. The molecule has 6 heteroatoms. The molecule has 1 heterocycles. The quantitative estimate of drug-likeness (QED) is 0.643. The Balaban J connectivity index is 1.46. The van der Waals surface area contributed by atoms with Gasteiger partial charge in [0.25, 0.3) is 5.91 Å². The van der Waals surface area contributed by atoms with Crippen molar-refractivity contribution in [3.8, 4) is 0 Å². The maximum absolute atomic E-state index is 12.3. The van der Waals surface area contributed by atoms with E-state index in [2.05, 4.69) is 33.1 Å². The van der Waals surface area contributed by atoms with Gasteiger partial charge in [-0.1, -0.05) is 42.1 Å². The van der Waals surface area contributed by atoms with E-state index >= 15 is 0 Å². The van der Waals surface area contributed by atoms with Gasteiger partial charge in [-0.15, -0.1) is 10.2 Å². The number of nitrogens with zero attached hydrogens (tertiary/aromatic N) is 3. The van der Waals surface area contributed by atoms with Gasteiger partial charge in [-0.25, -0.2) is 0 Å². The molecule has 1 aliphatic rings. The summed E-state index contributed by atoms with van der Waals surface area (Å²) in [6.07, 6.45) is 4.24. The number of anilines is 1. The van der Waals surface area contributed by atoms with Crippen molar-refractivity contribution in [1.29, 1.82) is 0 Å². The molecule has 0 bridgehead atoms. The summed E-state index contributed by atoms with van der Waals surface area (Å²) in [5, 5.41) is 12.5. The standard InChI is InChI=1S/C20H20N4OS/c1-14(26-20-23-21-13-24(20)18-10-11-18)16-8-5-9-17(12-16)22-19(25)15-6-3-2-4-7-15/h2-9,12-14,18H,10-11H2,1H3,(H,22,25). The Morgan fingerprint density at radius 2 is 2.00 bits per heavy atom. The Bertz CT molecular complexity index is 905. The number of nitrogens with one attached hydrogen (secondary N) is 1. The molecule has 5 nitrogen and oxygen atoms in total. The molecule has 1 saturated carbocycles. The van der Waals surface area contributed by atoms with Gasteiger partial charge in [-0.3, -0.25) is 4.79 Å². The van der Waals surface area contributed by atoms with Crippen LogP contribution in [0, 0.1) is 0 Å². The lowest BCUT2D eigenvalue weighted by molar-refractivity contribution is 0.102. The Hall–Kier alpha value is -2.60. The third-order valence-corrected chi connectivity index (χ3v) is 5.54. The number of benzene rings is 2. The maximum Gasteiger partial charge on any atom is 0.255 e. The van der Waals surface area contributed by atoms with Crippen molar-refractivity contribution in [2.75, 3.05) is 5.32 Å². The summed E-state index contributed by atoms with van der Waals surface area (Å²) >= 11 is 1.70. The second-order valence-electron chi connectivity index (χ2n) is 6.46. The summed E-state index contributed by atoms with van der Waals surface area (Å²) in [6.45, 7) is 2.15. The van der Waals surface area contributed by atoms with Crippen LogP contribution in [0.3, 0.4) is 0 Å². The molecule has 0 saturated heterocycles. The van der Waals surface area contributed by atoms with Gasteiger partial charge in [-0.05, 0) is 49.6 Å². The smallest absolute Gasteiger partial charge is 0.255 e. The van der Waals surface area contributed by atoms with Gasteiger partial charge in [0.2, 0.25) is 0 Å². The molecule has 0 spiro atoms. The summed E-state index contributed by atoms with van der Waals surface area (Å²) < 4.78 is 2.17. The van der Waals surface area contributed by atoms with E-state index in [9.17, 15) is 4.79 Å². The van der Waals surface area contributed by atoms with E-state index < -0.39 is 0 Å². The van der Waals surface area contributed by atoms with Gasteiger partial charge in [0.15, 0.2) is 5.16 Å². The van der Waals surface area contributed by atoms with Gasteiger partial charge in [0.05, 0.1) is 0 Å². The Kier molecular flexibility index (Phi) is 4.75. The van der Waals surface area contributed by atoms with Crippen LogP contribution in [0.5, 0.6) is 0 Å². The van der Waals surface area contributed by atoms with Crippen LogP contribution >= 0.6 is 11.8 Å². The van der Waals surface area contributed by atoms with Gasteiger partial charge >= 0.3 is 0 Å². The number of rotatable bonds is 6. The van der Waals surface area contributed by atoms with Crippen molar-refractivity contribution in [3.63, 3.8) is 0 Å². The molecule has 26 heavy (non-hydrogen) atoms. The molecule has 0 radical (unpaired) electrons. The molecule has 1 amide bonds. The van der Waals surface area contributed by atoms with Gasteiger partial charge in [-0.2, -0.15) is 0 Å². The number of thioether (sulfide) groups is 1. The maximum atomic E-state index is 12.3. The van der Waals surface area contributed by atoms with Crippen molar-refractivity contribution < 1.29 is 4.79 Å². The first kappa shape index (κ1) is 16.8. The van der Waals surface area contributed by atoms with Crippen LogP contribution in [0.25, 0.3) is 0 Å². The van der Waals surface area contributed by atoms with Crippen molar-refractivity contribution in [2.45, 2.75) is 36.2 Å². The highest BCUT2D eigenvalue weighted by atomic mass is 32.2. The van der Waals surface area contributed by atoms with Crippen LogP contribution in [0.2, 0.25) is 0 Å². The highest BCUT2D eigenvalue weighted by Gasteiger charge is 2.27. The number of carbonyl (C=O) groups excluding carboxylic acids is 1. The fourth-order valence-corrected chi connectivity index (χ4v) is 3.82. The molecule has 1 aromatic heterocycles. The number of amides is 1. The third-order valence-electron chi connectivity index (χ3n) is 4.41. The van der Waals surface area contributed by atoms with Gasteiger partial charge in [0.1, 0.15) is 6.33 Å². The summed E-state index contributed by atoms with van der Waals surface area (Å²) in [5.74, 6) is -0.100. The average Bonchev–Trinajstić information content (AvgIpc) is 3.42. The summed E-state index contributed by atoms with van der Waals surface area (Å²) in [4.78, 5) is 12.3. The lowest BCUT2D eigenvalue weighted by Crippen LogP contribution is -2.11. The first-order chi connectivity index (χ1) is 12.7.